The maximum Gasteiger partial charge on any atom is 0.243 e. The van der Waals surface area contributed by atoms with E-state index in [2.05, 4.69) is 0 Å². The summed E-state index contributed by atoms with van der Waals surface area (Å²) in [6.45, 7) is 0.382. The number of nitrogens with zero attached hydrogens (tertiary/aromatic N) is 3. The number of piperazine rings is 1. The van der Waals surface area contributed by atoms with E-state index in [4.69, 9.17) is 10.00 Å². The van der Waals surface area contributed by atoms with Crippen molar-refractivity contribution in [1.82, 2.24) is 9.21 Å². The standard InChI is InChI=1S/C21H23N3O6S2/c1-30-19-6-8-20(9-7-19)32(28,29)24-12-10-23(11-13-24)21(25)16-31(26,27)15-18-4-2-17(14-22)3-5-18/h2-9H,10-13,15-16H2,1H3. The number of nitriles is 1. The first-order valence-corrected chi connectivity index (χ1v) is 13.0. The smallest absolute Gasteiger partial charge is 0.243 e. The summed E-state index contributed by atoms with van der Waals surface area (Å²) >= 11 is 0. The molecule has 0 N–H and O–H groups in total. The van der Waals surface area contributed by atoms with Crippen molar-refractivity contribution in [1.29, 1.82) is 5.26 Å². The van der Waals surface area contributed by atoms with E-state index < -0.39 is 31.5 Å². The second kappa shape index (κ2) is 9.68. The number of methoxy groups -OCH3 is 1. The molecule has 1 amide bonds. The molecule has 0 saturated carbocycles. The van der Waals surface area contributed by atoms with Gasteiger partial charge in [0.05, 0.1) is 29.4 Å². The highest BCUT2D eigenvalue weighted by Gasteiger charge is 2.31. The van der Waals surface area contributed by atoms with E-state index >= 15 is 0 Å². The molecule has 0 radical (unpaired) electrons. The van der Waals surface area contributed by atoms with Crippen LogP contribution in [0.25, 0.3) is 0 Å². The molecule has 1 fully saturated rings. The van der Waals surface area contributed by atoms with Gasteiger partial charge in [-0.05, 0) is 42.0 Å². The van der Waals surface area contributed by atoms with Crippen LogP contribution in [0.2, 0.25) is 0 Å². The van der Waals surface area contributed by atoms with Gasteiger partial charge in [-0.1, -0.05) is 12.1 Å². The maximum atomic E-state index is 12.8. The molecule has 170 valence electrons. The van der Waals surface area contributed by atoms with Gasteiger partial charge in [-0.25, -0.2) is 16.8 Å². The first-order valence-electron chi connectivity index (χ1n) is 9.76. The lowest BCUT2D eigenvalue weighted by molar-refractivity contribution is -0.129. The third kappa shape index (κ3) is 5.64. The van der Waals surface area contributed by atoms with Crippen molar-refractivity contribution in [2.75, 3.05) is 39.0 Å². The van der Waals surface area contributed by atoms with Gasteiger partial charge in [-0.15, -0.1) is 0 Å². The zero-order valence-electron chi connectivity index (χ0n) is 17.5. The number of hydrogen-bond acceptors (Lipinski definition) is 7. The fraction of sp³-hybridized carbons (Fsp3) is 0.333. The Kier molecular flexibility index (Phi) is 7.18. The van der Waals surface area contributed by atoms with Crippen LogP contribution in [-0.2, 0) is 30.4 Å². The monoisotopic (exact) mass is 477 g/mol. The highest BCUT2D eigenvalue weighted by Crippen LogP contribution is 2.21. The first-order chi connectivity index (χ1) is 15.1. The van der Waals surface area contributed by atoms with E-state index in [-0.39, 0.29) is 36.8 Å². The molecule has 2 aromatic carbocycles. The van der Waals surface area contributed by atoms with Crippen molar-refractivity contribution in [3.05, 3.63) is 59.7 Å². The van der Waals surface area contributed by atoms with Crippen molar-refractivity contribution in [3.63, 3.8) is 0 Å². The Balaban J connectivity index is 1.57. The number of sulfone groups is 1. The van der Waals surface area contributed by atoms with Crippen molar-refractivity contribution >= 4 is 25.8 Å². The minimum Gasteiger partial charge on any atom is -0.497 e. The molecule has 0 spiro atoms. The molecule has 11 heteroatoms. The average molecular weight is 478 g/mol. The topological polar surface area (TPSA) is 125 Å². The summed E-state index contributed by atoms with van der Waals surface area (Å²) in [5.74, 6) is -0.976. The van der Waals surface area contributed by atoms with E-state index in [1.165, 1.54) is 40.6 Å². The summed E-state index contributed by atoms with van der Waals surface area (Å²) in [5.41, 5.74) is 0.914. The molecule has 1 aliphatic heterocycles. The van der Waals surface area contributed by atoms with E-state index in [1.807, 2.05) is 6.07 Å². The van der Waals surface area contributed by atoms with Gasteiger partial charge in [0.15, 0.2) is 9.84 Å². The largest absolute Gasteiger partial charge is 0.497 e. The van der Waals surface area contributed by atoms with Gasteiger partial charge >= 0.3 is 0 Å². The fourth-order valence-electron chi connectivity index (χ4n) is 3.33. The van der Waals surface area contributed by atoms with Gasteiger partial charge in [0.25, 0.3) is 0 Å². The Morgan fingerprint density at radius 2 is 1.56 bits per heavy atom. The van der Waals surface area contributed by atoms with E-state index in [0.29, 0.717) is 16.9 Å². The normalized spacial score (nSPS) is 15.2. The highest BCUT2D eigenvalue weighted by molar-refractivity contribution is 7.91. The van der Waals surface area contributed by atoms with Crippen LogP contribution in [0.4, 0.5) is 0 Å². The van der Waals surface area contributed by atoms with Crippen LogP contribution < -0.4 is 4.74 Å². The number of carbonyl (C=O) groups excluding carboxylic acids is 1. The predicted octanol–water partition coefficient (Wildman–Crippen LogP) is 1.01. The molecular formula is C21H23N3O6S2. The van der Waals surface area contributed by atoms with Crippen molar-refractivity contribution < 1.29 is 26.4 Å². The third-order valence-corrected chi connectivity index (χ3v) is 8.47. The Hall–Kier alpha value is -2.94. The predicted molar refractivity (Wildman–Crippen MR) is 117 cm³/mol. The molecule has 1 aliphatic rings. The van der Waals surface area contributed by atoms with Crippen LogP contribution in [0.15, 0.2) is 53.4 Å². The number of hydrogen-bond donors (Lipinski definition) is 0. The number of rotatable bonds is 7. The molecule has 0 aromatic heterocycles. The molecule has 32 heavy (non-hydrogen) atoms. The molecular weight excluding hydrogens is 454 g/mol. The van der Waals surface area contributed by atoms with E-state index in [1.54, 1.807) is 24.3 Å². The summed E-state index contributed by atoms with van der Waals surface area (Å²) in [5, 5.41) is 8.81. The van der Waals surface area contributed by atoms with Crippen LogP contribution in [0.1, 0.15) is 11.1 Å². The minimum atomic E-state index is -3.72. The summed E-state index contributed by atoms with van der Waals surface area (Å²) < 4.78 is 56.8. The molecule has 0 atom stereocenters. The minimum absolute atomic E-state index is 0.0791. The van der Waals surface area contributed by atoms with Crippen LogP contribution in [0.3, 0.4) is 0 Å². The number of benzene rings is 2. The van der Waals surface area contributed by atoms with Gasteiger partial charge in [-0.2, -0.15) is 9.57 Å². The molecule has 1 heterocycles. The summed E-state index contributed by atoms with van der Waals surface area (Å²) in [6, 6.07) is 14.1. The molecule has 9 nitrogen and oxygen atoms in total. The van der Waals surface area contributed by atoms with Crippen LogP contribution in [-0.4, -0.2) is 71.0 Å². The lowest BCUT2D eigenvalue weighted by Crippen LogP contribution is -2.51. The van der Waals surface area contributed by atoms with Crippen molar-refractivity contribution in [2.24, 2.45) is 0 Å². The SMILES string of the molecule is COc1ccc(S(=O)(=O)N2CCN(C(=O)CS(=O)(=O)Cc3ccc(C#N)cc3)CC2)cc1. The van der Waals surface area contributed by atoms with Gasteiger partial charge < -0.3 is 9.64 Å². The Morgan fingerprint density at radius 3 is 2.09 bits per heavy atom. The highest BCUT2D eigenvalue weighted by atomic mass is 32.2. The summed E-state index contributed by atoms with van der Waals surface area (Å²) in [7, 11) is -5.94. The zero-order valence-corrected chi connectivity index (χ0v) is 19.1. The molecule has 0 bridgehead atoms. The Labute approximate surface area is 187 Å². The van der Waals surface area contributed by atoms with Gasteiger partial charge in [0.2, 0.25) is 15.9 Å². The molecule has 1 saturated heterocycles. The molecule has 0 aliphatic carbocycles. The molecule has 3 rings (SSSR count). The number of carbonyl (C=O) groups is 1. The Bertz CT molecular complexity index is 1210. The van der Waals surface area contributed by atoms with Crippen molar-refractivity contribution in [2.45, 2.75) is 10.6 Å². The summed E-state index contributed by atoms with van der Waals surface area (Å²) in [6.07, 6.45) is 0. The van der Waals surface area contributed by atoms with E-state index in [9.17, 15) is 21.6 Å². The lowest BCUT2D eigenvalue weighted by atomic mass is 10.2. The summed E-state index contributed by atoms with van der Waals surface area (Å²) in [4.78, 5) is 14.0. The average Bonchev–Trinajstić information content (AvgIpc) is 2.79. The second-order valence-corrected chi connectivity index (χ2v) is 11.3. The zero-order chi connectivity index (χ0) is 23.4. The maximum absolute atomic E-state index is 12.8. The number of sulfonamides is 1. The molecule has 0 unspecified atom stereocenters. The number of ether oxygens (including phenoxy) is 1. The second-order valence-electron chi connectivity index (χ2n) is 7.30. The van der Waals surface area contributed by atoms with E-state index in [0.717, 1.165) is 0 Å². The van der Waals surface area contributed by atoms with Crippen LogP contribution >= 0.6 is 0 Å². The number of amides is 1. The Morgan fingerprint density at radius 1 is 0.969 bits per heavy atom. The third-order valence-electron chi connectivity index (χ3n) is 5.10. The van der Waals surface area contributed by atoms with Gasteiger partial charge in [-0.3, -0.25) is 4.79 Å². The molecule has 2 aromatic rings. The first kappa shape index (κ1) is 23.7. The lowest BCUT2D eigenvalue weighted by Gasteiger charge is -2.34. The van der Waals surface area contributed by atoms with Crippen LogP contribution in [0, 0.1) is 11.3 Å². The van der Waals surface area contributed by atoms with Gasteiger partial charge in [0, 0.05) is 26.2 Å². The van der Waals surface area contributed by atoms with Gasteiger partial charge in [0.1, 0.15) is 11.5 Å². The quantitative estimate of drug-likeness (QED) is 0.583. The van der Waals surface area contributed by atoms with Crippen LogP contribution in [0.5, 0.6) is 5.75 Å². The fourth-order valence-corrected chi connectivity index (χ4v) is 6.12. The van der Waals surface area contributed by atoms with Crippen molar-refractivity contribution in [3.8, 4) is 11.8 Å².